The zero-order valence-electron chi connectivity index (χ0n) is 10.9. The number of hydrogen-bond donors (Lipinski definition) is 1. The number of amides is 1. The number of hydrogen-bond acceptors (Lipinski definition) is 3. The molecule has 0 saturated heterocycles. The zero-order chi connectivity index (χ0) is 13.7. The van der Waals surface area contributed by atoms with Gasteiger partial charge < -0.3 is 10.2 Å². The topological polar surface area (TPSA) is 50.7 Å². The monoisotopic (exact) mass is 264 g/mol. The first kappa shape index (κ1) is 13.5. The van der Waals surface area contributed by atoms with Crippen LogP contribution in [0.3, 0.4) is 0 Å². The molecule has 1 aliphatic heterocycles. The molecule has 102 valence electrons. The minimum Gasteiger partial charge on any atom is -0.382 e. The SMILES string of the molecule is CCCCNC(=O)[C@H]1CC(c2ccc(F)cc2)=NO1. The summed E-state index contributed by atoms with van der Waals surface area (Å²) in [7, 11) is 0. The molecule has 0 bridgehead atoms. The van der Waals surface area contributed by atoms with Crippen LogP contribution < -0.4 is 5.32 Å². The van der Waals surface area contributed by atoms with Gasteiger partial charge in [0.2, 0.25) is 6.10 Å². The number of carbonyl (C=O) groups excluding carboxylic acids is 1. The zero-order valence-corrected chi connectivity index (χ0v) is 10.9. The number of benzene rings is 1. The van der Waals surface area contributed by atoms with Crippen LogP contribution >= 0.6 is 0 Å². The summed E-state index contributed by atoms with van der Waals surface area (Å²) < 4.78 is 12.8. The van der Waals surface area contributed by atoms with E-state index in [9.17, 15) is 9.18 Å². The molecule has 0 radical (unpaired) electrons. The summed E-state index contributed by atoms with van der Waals surface area (Å²) in [5.41, 5.74) is 1.46. The molecule has 1 aromatic carbocycles. The van der Waals surface area contributed by atoms with Gasteiger partial charge in [-0.1, -0.05) is 30.6 Å². The van der Waals surface area contributed by atoms with Crippen molar-refractivity contribution in [3.8, 4) is 0 Å². The van der Waals surface area contributed by atoms with E-state index >= 15 is 0 Å². The Balaban J connectivity index is 1.88. The summed E-state index contributed by atoms with van der Waals surface area (Å²) in [6.45, 7) is 2.72. The Morgan fingerprint density at radius 1 is 1.47 bits per heavy atom. The van der Waals surface area contributed by atoms with Crippen molar-refractivity contribution in [2.75, 3.05) is 6.54 Å². The van der Waals surface area contributed by atoms with Gasteiger partial charge in [-0.2, -0.15) is 0 Å². The molecule has 0 aliphatic carbocycles. The number of halogens is 1. The standard InChI is InChI=1S/C14H17FN2O2/c1-2-3-8-16-14(18)13-9-12(17-19-13)10-4-6-11(15)7-5-10/h4-7,13H,2-3,8-9H2,1H3,(H,16,18)/t13-/m1/s1. The molecule has 0 aromatic heterocycles. The summed E-state index contributed by atoms with van der Waals surface area (Å²) in [4.78, 5) is 16.9. The van der Waals surface area contributed by atoms with Crippen LogP contribution in [0.15, 0.2) is 29.4 Å². The van der Waals surface area contributed by atoms with Crippen LogP contribution in [-0.2, 0) is 9.63 Å². The van der Waals surface area contributed by atoms with E-state index < -0.39 is 6.10 Å². The van der Waals surface area contributed by atoms with Gasteiger partial charge in [-0.05, 0) is 24.1 Å². The van der Waals surface area contributed by atoms with Crippen molar-refractivity contribution < 1.29 is 14.0 Å². The highest BCUT2D eigenvalue weighted by Gasteiger charge is 2.28. The van der Waals surface area contributed by atoms with Gasteiger partial charge in [-0.25, -0.2) is 4.39 Å². The number of carbonyl (C=O) groups is 1. The number of oxime groups is 1. The van der Waals surface area contributed by atoms with Crippen molar-refractivity contribution in [3.05, 3.63) is 35.6 Å². The summed E-state index contributed by atoms with van der Waals surface area (Å²) in [5.74, 6) is -0.438. The number of nitrogens with zero attached hydrogens (tertiary/aromatic N) is 1. The predicted octanol–water partition coefficient (Wildman–Crippen LogP) is 2.24. The molecule has 2 rings (SSSR count). The Hall–Kier alpha value is -1.91. The van der Waals surface area contributed by atoms with E-state index in [2.05, 4.69) is 17.4 Å². The smallest absolute Gasteiger partial charge is 0.264 e. The van der Waals surface area contributed by atoms with Gasteiger partial charge in [0.15, 0.2) is 0 Å². The van der Waals surface area contributed by atoms with Gasteiger partial charge in [0.25, 0.3) is 5.91 Å². The Morgan fingerprint density at radius 2 is 2.21 bits per heavy atom. The highest BCUT2D eigenvalue weighted by Crippen LogP contribution is 2.17. The third-order valence-electron chi connectivity index (χ3n) is 2.97. The summed E-state index contributed by atoms with van der Waals surface area (Å²) >= 11 is 0. The second-order valence-electron chi connectivity index (χ2n) is 4.49. The molecule has 0 fully saturated rings. The normalized spacial score (nSPS) is 17.8. The van der Waals surface area contributed by atoms with E-state index in [0.29, 0.717) is 18.7 Å². The van der Waals surface area contributed by atoms with Gasteiger partial charge in [0.05, 0.1) is 5.71 Å². The third kappa shape index (κ3) is 3.53. The minimum absolute atomic E-state index is 0.144. The Labute approximate surface area is 111 Å². The maximum absolute atomic E-state index is 12.8. The molecule has 1 aliphatic rings. The van der Waals surface area contributed by atoms with Gasteiger partial charge in [0, 0.05) is 13.0 Å². The Morgan fingerprint density at radius 3 is 2.89 bits per heavy atom. The second kappa shape index (κ2) is 6.31. The summed E-state index contributed by atoms with van der Waals surface area (Å²) in [6.07, 6.45) is 1.83. The maximum atomic E-state index is 12.8. The van der Waals surface area contributed by atoms with Crippen LogP contribution in [0.2, 0.25) is 0 Å². The fourth-order valence-corrected chi connectivity index (χ4v) is 1.83. The molecule has 5 heteroatoms. The van der Waals surface area contributed by atoms with Crippen LogP contribution in [0, 0.1) is 5.82 Å². The average molecular weight is 264 g/mol. The van der Waals surface area contributed by atoms with Crippen molar-refractivity contribution >= 4 is 11.6 Å². The van der Waals surface area contributed by atoms with Crippen LogP contribution in [0.1, 0.15) is 31.7 Å². The van der Waals surface area contributed by atoms with Crippen LogP contribution in [-0.4, -0.2) is 24.3 Å². The first-order valence-corrected chi connectivity index (χ1v) is 6.47. The van der Waals surface area contributed by atoms with Gasteiger partial charge >= 0.3 is 0 Å². The van der Waals surface area contributed by atoms with E-state index in [1.807, 2.05) is 0 Å². The molecule has 4 nitrogen and oxygen atoms in total. The van der Waals surface area contributed by atoms with Crippen molar-refractivity contribution in [2.24, 2.45) is 5.16 Å². The average Bonchev–Trinajstić information content (AvgIpc) is 2.89. The van der Waals surface area contributed by atoms with Gasteiger partial charge in [-0.3, -0.25) is 4.79 Å². The lowest BCUT2D eigenvalue weighted by Gasteiger charge is -2.08. The number of unbranched alkanes of at least 4 members (excludes halogenated alkanes) is 1. The lowest BCUT2D eigenvalue weighted by molar-refractivity contribution is -0.131. The Kier molecular flexibility index (Phi) is 4.49. The van der Waals surface area contributed by atoms with Crippen LogP contribution in [0.4, 0.5) is 4.39 Å². The molecule has 19 heavy (non-hydrogen) atoms. The molecule has 1 N–H and O–H groups in total. The number of nitrogens with one attached hydrogen (secondary N) is 1. The first-order valence-electron chi connectivity index (χ1n) is 6.47. The fraction of sp³-hybridized carbons (Fsp3) is 0.429. The molecule has 1 atom stereocenters. The molecule has 1 heterocycles. The molecule has 0 spiro atoms. The highest BCUT2D eigenvalue weighted by atomic mass is 19.1. The van der Waals surface area contributed by atoms with Crippen molar-refractivity contribution in [3.63, 3.8) is 0 Å². The van der Waals surface area contributed by atoms with Crippen molar-refractivity contribution in [1.29, 1.82) is 0 Å². The lowest BCUT2D eigenvalue weighted by atomic mass is 10.0. The largest absolute Gasteiger partial charge is 0.382 e. The molecule has 0 saturated carbocycles. The van der Waals surface area contributed by atoms with E-state index in [0.717, 1.165) is 18.4 Å². The predicted molar refractivity (Wildman–Crippen MR) is 70.3 cm³/mol. The fourth-order valence-electron chi connectivity index (χ4n) is 1.83. The molecule has 1 amide bonds. The van der Waals surface area contributed by atoms with Crippen molar-refractivity contribution in [1.82, 2.24) is 5.32 Å². The summed E-state index contributed by atoms with van der Waals surface area (Å²) in [5, 5.41) is 6.71. The first-order chi connectivity index (χ1) is 9.20. The van der Waals surface area contributed by atoms with E-state index in [1.165, 1.54) is 12.1 Å². The number of rotatable bonds is 5. The third-order valence-corrected chi connectivity index (χ3v) is 2.97. The second-order valence-corrected chi connectivity index (χ2v) is 4.49. The Bertz CT molecular complexity index is 471. The minimum atomic E-state index is -0.572. The summed E-state index contributed by atoms with van der Waals surface area (Å²) in [6, 6.07) is 6.00. The molecule has 1 aromatic rings. The van der Waals surface area contributed by atoms with E-state index in [4.69, 9.17) is 4.84 Å². The van der Waals surface area contributed by atoms with E-state index in [1.54, 1.807) is 12.1 Å². The molecule has 0 unspecified atom stereocenters. The maximum Gasteiger partial charge on any atom is 0.264 e. The molecular weight excluding hydrogens is 247 g/mol. The van der Waals surface area contributed by atoms with Gasteiger partial charge in [0.1, 0.15) is 5.82 Å². The molecular formula is C14H17FN2O2. The van der Waals surface area contributed by atoms with Crippen LogP contribution in [0.25, 0.3) is 0 Å². The lowest BCUT2D eigenvalue weighted by Crippen LogP contribution is -2.35. The van der Waals surface area contributed by atoms with Crippen LogP contribution in [0.5, 0.6) is 0 Å². The van der Waals surface area contributed by atoms with Crippen molar-refractivity contribution in [2.45, 2.75) is 32.3 Å². The van der Waals surface area contributed by atoms with E-state index in [-0.39, 0.29) is 11.7 Å². The van der Waals surface area contributed by atoms with Gasteiger partial charge in [-0.15, -0.1) is 0 Å². The quantitative estimate of drug-likeness (QED) is 0.829. The highest BCUT2D eigenvalue weighted by molar-refractivity contribution is 6.04.